The van der Waals surface area contributed by atoms with Crippen molar-refractivity contribution in [2.45, 2.75) is 52.6 Å². The standard InChI is InChI=1S/C10H20O2/c1-4-5-6-7-10(12)8(2)9(3)11/h8-9,11H,4-7H2,1-3H3. The first-order chi connectivity index (χ1) is 5.59. The lowest BCUT2D eigenvalue weighted by molar-refractivity contribution is -0.125. The van der Waals surface area contributed by atoms with Gasteiger partial charge < -0.3 is 5.11 Å². The van der Waals surface area contributed by atoms with Crippen molar-refractivity contribution < 1.29 is 9.90 Å². The molecule has 0 aromatic rings. The third-order valence-corrected chi connectivity index (χ3v) is 2.26. The molecule has 0 aliphatic rings. The Balaban J connectivity index is 3.57. The molecule has 0 amide bonds. The monoisotopic (exact) mass is 172 g/mol. The van der Waals surface area contributed by atoms with Crippen LogP contribution in [0.3, 0.4) is 0 Å². The summed E-state index contributed by atoms with van der Waals surface area (Å²) in [7, 11) is 0. The van der Waals surface area contributed by atoms with Crippen LogP contribution in [-0.4, -0.2) is 17.0 Å². The molecule has 2 unspecified atom stereocenters. The van der Waals surface area contributed by atoms with Gasteiger partial charge in [-0.2, -0.15) is 0 Å². The van der Waals surface area contributed by atoms with E-state index in [1.165, 1.54) is 0 Å². The minimum Gasteiger partial charge on any atom is -0.393 e. The molecule has 0 saturated heterocycles. The smallest absolute Gasteiger partial charge is 0.138 e. The van der Waals surface area contributed by atoms with Crippen LogP contribution in [0.25, 0.3) is 0 Å². The number of aliphatic hydroxyl groups is 1. The van der Waals surface area contributed by atoms with E-state index in [1.54, 1.807) is 13.8 Å². The first-order valence-electron chi connectivity index (χ1n) is 4.80. The molecule has 0 bridgehead atoms. The molecule has 12 heavy (non-hydrogen) atoms. The van der Waals surface area contributed by atoms with Gasteiger partial charge in [-0.05, 0) is 13.3 Å². The van der Waals surface area contributed by atoms with Crippen molar-refractivity contribution in [3.8, 4) is 0 Å². The highest BCUT2D eigenvalue weighted by atomic mass is 16.3. The molecule has 1 N–H and O–H groups in total. The molecular formula is C10H20O2. The van der Waals surface area contributed by atoms with Crippen molar-refractivity contribution in [1.82, 2.24) is 0 Å². The molecule has 0 fully saturated rings. The molecule has 0 aromatic heterocycles. The van der Waals surface area contributed by atoms with Gasteiger partial charge in [-0.1, -0.05) is 26.7 Å². The molecular weight excluding hydrogens is 152 g/mol. The minimum absolute atomic E-state index is 0.193. The molecule has 0 rings (SSSR count). The number of carbonyl (C=O) groups excluding carboxylic acids is 1. The van der Waals surface area contributed by atoms with E-state index in [4.69, 9.17) is 5.11 Å². The van der Waals surface area contributed by atoms with Crippen molar-refractivity contribution in [3.63, 3.8) is 0 Å². The Morgan fingerprint density at radius 1 is 1.33 bits per heavy atom. The summed E-state index contributed by atoms with van der Waals surface area (Å²) in [4.78, 5) is 11.3. The van der Waals surface area contributed by atoms with Gasteiger partial charge in [0.15, 0.2) is 0 Å². The number of hydrogen-bond acceptors (Lipinski definition) is 2. The van der Waals surface area contributed by atoms with Gasteiger partial charge >= 0.3 is 0 Å². The summed E-state index contributed by atoms with van der Waals surface area (Å²) in [5, 5.41) is 9.13. The molecule has 2 atom stereocenters. The van der Waals surface area contributed by atoms with Gasteiger partial charge in [0.1, 0.15) is 5.78 Å². The summed E-state index contributed by atoms with van der Waals surface area (Å²) >= 11 is 0. The van der Waals surface area contributed by atoms with Crippen molar-refractivity contribution in [2.75, 3.05) is 0 Å². The number of ketones is 1. The normalized spacial score (nSPS) is 15.7. The largest absolute Gasteiger partial charge is 0.393 e. The molecule has 0 aliphatic heterocycles. The van der Waals surface area contributed by atoms with Gasteiger partial charge in [0, 0.05) is 12.3 Å². The zero-order valence-corrected chi connectivity index (χ0v) is 8.34. The second kappa shape index (κ2) is 6.18. The van der Waals surface area contributed by atoms with Gasteiger partial charge in [0.2, 0.25) is 0 Å². The Kier molecular flexibility index (Phi) is 5.99. The van der Waals surface area contributed by atoms with Crippen molar-refractivity contribution >= 4 is 5.78 Å². The number of unbranched alkanes of at least 4 members (excludes halogenated alkanes) is 2. The lowest BCUT2D eigenvalue weighted by Gasteiger charge is -2.12. The highest BCUT2D eigenvalue weighted by Gasteiger charge is 2.16. The maximum atomic E-state index is 11.3. The van der Waals surface area contributed by atoms with E-state index >= 15 is 0 Å². The number of aliphatic hydroxyl groups excluding tert-OH is 1. The molecule has 0 aliphatic carbocycles. The van der Waals surface area contributed by atoms with Crippen LogP contribution in [0, 0.1) is 5.92 Å². The van der Waals surface area contributed by atoms with Gasteiger partial charge in [-0.3, -0.25) is 4.79 Å². The van der Waals surface area contributed by atoms with Crippen LogP contribution in [0.5, 0.6) is 0 Å². The van der Waals surface area contributed by atoms with Crippen LogP contribution in [0.4, 0.5) is 0 Å². The fourth-order valence-corrected chi connectivity index (χ4v) is 1.05. The SMILES string of the molecule is CCCCCC(=O)C(C)C(C)O. The van der Waals surface area contributed by atoms with E-state index in [0.717, 1.165) is 19.3 Å². The van der Waals surface area contributed by atoms with E-state index in [1.807, 2.05) is 0 Å². The highest BCUT2D eigenvalue weighted by molar-refractivity contribution is 5.81. The lowest BCUT2D eigenvalue weighted by Crippen LogP contribution is -2.22. The van der Waals surface area contributed by atoms with E-state index < -0.39 is 6.10 Å². The molecule has 0 aromatic carbocycles. The summed E-state index contributed by atoms with van der Waals surface area (Å²) in [6, 6.07) is 0. The van der Waals surface area contributed by atoms with Crippen LogP contribution in [0.1, 0.15) is 46.5 Å². The third kappa shape index (κ3) is 4.50. The van der Waals surface area contributed by atoms with Gasteiger partial charge in [-0.15, -0.1) is 0 Å². The van der Waals surface area contributed by atoms with E-state index in [2.05, 4.69) is 6.92 Å². The first kappa shape index (κ1) is 11.6. The summed E-state index contributed by atoms with van der Waals surface area (Å²) in [5.74, 6) is 0.000283. The van der Waals surface area contributed by atoms with Crippen LogP contribution in [-0.2, 0) is 4.79 Å². The number of rotatable bonds is 6. The zero-order valence-electron chi connectivity index (χ0n) is 8.34. The lowest BCUT2D eigenvalue weighted by atomic mass is 9.97. The van der Waals surface area contributed by atoms with Crippen LogP contribution in [0.15, 0.2) is 0 Å². The summed E-state index contributed by atoms with van der Waals surface area (Å²) in [5.41, 5.74) is 0. The summed E-state index contributed by atoms with van der Waals surface area (Å²) in [6.45, 7) is 5.57. The second-order valence-corrected chi connectivity index (χ2v) is 3.45. The Morgan fingerprint density at radius 3 is 2.33 bits per heavy atom. The molecule has 2 heteroatoms. The fourth-order valence-electron chi connectivity index (χ4n) is 1.05. The maximum absolute atomic E-state index is 11.3. The average molecular weight is 172 g/mol. The number of carbonyl (C=O) groups is 1. The highest BCUT2D eigenvalue weighted by Crippen LogP contribution is 2.09. The van der Waals surface area contributed by atoms with Crippen LogP contribution >= 0.6 is 0 Å². The second-order valence-electron chi connectivity index (χ2n) is 3.45. The predicted molar refractivity (Wildman–Crippen MR) is 50.0 cm³/mol. The number of Topliss-reactive ketones (excluding diaryl/α,β-unsaturated/α-hetero) is 1. The Hall–Kier alpha value is -0.370. The fraction of sp³-hybridized carbons (Fsp3) is 0.900. The summed E-state index contributed by atoms with van der Waals surface area (Å²) in [6.07, 6.45) is 3.33. The Bertz CT molecular complexity index is 130. The molecule has 72 valence electrons. The van der Waals surface area contributed by atoms with Gasteiger partial charge in [-0.25, -0.2) is 0 Å². The van der Waals surface area contributed by atoms with Crippen LogP contribution in [0.2, 0.25) is 0 Å². The molecule has 0 saturated carbocycles. The van der Waals surface area contributed by atoms with Gasteiger partial charge in [0.25, 0.3) is 0 Å². The van der Waals surface area contributed by atoms with E-state index in [-0.39, 0.29) is 11.7 Å². The van der Waals surface area contributed by atoms with Crippen molar-refractivity contribution in [1.29, 1.82) is 0 Å². The average Bonchev–Trinajstić information content (AvgIpc) is 2.03. The molecule has 0 heterocycles. The molecule has 0 radical (unpaired) electrons. The predicted octanol–water partition coefficient (Wildman–Crippen LogP) is 2.15. The maximum Gasteiger partial charge on any atom is 0.138 e. The van der Waals surface area contributed by atoms with Crippen molar-refractivity contribution in [2.24, 2.45) is 5.92 Å². The number of hydrogen-bond donors (Lipinski definition) is 1. The quantitative estimate of drug-likeness (QED) is 0.623. The van der Waals surface area contributed by atoms with Gasteiger partial charge in [0.05, 0.1) is 6.10 Å². The third-order valence-electron chi connectivity index (χ3n) is 2.26. The van der Waals surface area contributed by atoms with E-state index in [0.29, 0.717) is 6.42 Å². The minimum atomic E-state index is -0.501. The van der Waals surface area contributed by atoms with Crippen molar-refractivity contribution in [3.05, 3.63) is 0 Å². The molecule has 0 spiro atoms. The summed E-state index contributed by atoms with van der Waals surface area (Å²) < 4.78 is 0. The topological polar surface area (TPSA) is 37.3 Å². The Morgan fingerprint density at radius 2 is 1.92 bits per heavy atom. The van der Waals surface area contributed by atoms with Crippen LogP contribution < -0.4 is 0 Å². The van der Waals surface area contributed by atoms with E-state index in [9.17, 15) is 4.79 Å². The first-order valence-corrected chi connectivity index (χ1v) is 4.80. The zero-order chi connectivity index (χ0) is 9.56. The Labute approximate surface area is 75.0 Å². The molecule has 2 nitrogen and oxygen atoms in total.